The summed E-state index contributed by atoms with van der Waals surface area (Å²) in [6.07, 6.45) is 2.68. The topological polar surface area (TPSA) is 16.1 Å². The molecule has 2 aromatic rings. The molecule has 1 unspecified atom stereocenters. The number of halogens is 2. The van der Waals surface area contributed by atoms with Gasteiger partial charge in [0.1, 0.15) is 11.0 Å². The lowest BCUT2D eigenvalue weighted by Gasteiger charge is -2.21. The minimum absolute atomic E-state index is 0.166. The van der Waals surface area contributed by atoms with Crippen LogP contribution in [0.5, 0.6) is 0 Å². The molecular formula is C17H20ClFN2. The van der Waals surface area contributed by atoms with Gasteiger partial charge in [-0.15, -0.1) is 0 Å². The highest BCUT2D eigenvalue weighted by Gasteiger charge is 2.09. The van der Waals surface area contributed by atoms with Crippen molar-refractivity contribution in [1.82, 2.24) is 9.88 Å². The zero-order valence-corrected chi connectivity index (χ0v) is 13.1. The Labute approximate surface area is 130 Å². The number of aromatic nitrogens is 1. The second kappa shape index (κ2) is 7.53. The van der Waals surface area contributed by atoms with Crippen LogP contribution in [-0.2, 0) is 13.0 Å². The van der Waals surface area contributed by atoms with Gasteiger partial charge in [-0.05, 0) is 48.7 Å². The normalized spacial score (nSPS) is 12.6. The van der Waals surface area contributed by atoms with E-state index in [1.54, 1.807) is 24.4 Å². The summed E-state index contributed by atoms with van der Waals surface area (Å²) in [4.78, 5) is 6.33. The molecule has 4 heteroatoms. The van der Waals surface area contributed by atoms with E-state index in [2.05, 4.69) is 23.9 Å². The van der Waals surface area contributed by atoms with Gasteiger partial charge < -0.3 is 4.90 Å². The van der Waals surface area contributed by atoms with Gasteiger partial charge in [-0.1, -0.05) is 36.7 Å². The van der Waals surface area contributed by atoms with Crippen LogP contribution in [0.1, 0.15) is 18.1 Å². The number of hydrogen-bond acceptors (Lipinski definition) is 2. The number of pyridine rings is 1. The standard InChI is InChI=1S/C17H20ClFN2/c1-13(8-14-4-3-5-16(19)9-14)11-21(2)12-15-6-7-17(18)20-10-15/h3-7,9-10,13H,8,11-12H2,1-2H3. The summed E-state index contributed by atoms with van der Waals surface area (Å²) >= 11 is 5.78. The summed E-state index contributed by atoms with van der Waals surface area (Å²) < 4.78 is 13.2. The molecule has 1 aromatic heterocycles. The third kappa shape index (κ3) is 5.44. The molecule has 0 spiro atoms. The zero-order chi connectivity index (χ0) is 15.2. The van der Waals surface area contributed by atoms with E-state index in [1.807, 2.05) is 12.1 Å². The Morgan fingerprint density at radius 3 is 2.71 bits per heavy atom. The molecule has 0 amide bonds. The third-order valence-corrected chi connectivity index (χ3v) is 3.56. The maximum atomic E-state index is 13.2. The van der Waals surface area contributed by atoms with Crippen molar-refractivity contribution in [2.24, 2.45) is 5.92 Å². The molecule has 0 aliphatic carbocycles. The van der Waals surface area contributed by atoms with Gasteiger partial charge in [0.15, 0.2) is 0 Å². The Bertz CT molecular complexity index is 571. The van der Waals surface area contributed by atoms with Crippen molar-refractivity contribution in [3.8, 4) is 0 Å². The highest BCUT2D eigenvalue weighted by Crippen LogP contribution is 2.13. The van der Waals surface area contributed by atoms with E-state index >= 15 is 0 Å². The van der Waals surface area contributed by atoms with Crippen molar-refractivity contribution < 1.29 is 4.39 Å². The van der Waals surface area contributed by atoms with Crippen molar-refractivity contribution >= 4 is 11.6 Å². The van der Waals surface area contributed by atoms with Crippen LogP contribution in [0.15, 0.2) is 42.6 Å². The van der Waals surface area contributed by atoms with Crippen LogP contribution in [-0.4, -0.2) is 23.5 Å². The quantitative estimate of drug-likeness (QED) is 0.744. The number of hydrogen-bond donors (Lipinski definition) is 0. The molecule has 21 heavy (non-hydrogen) atoms. The molecule has 0 saturated heterocycles. The molecule has 0 N–H and O–H groups in total. The maximum absolute atomic E-state index is 13.2. The summed E-state index contributed by atoms with van der Waals surface area (Å²) in [6.45, 7) is 3.96. The molecule has 0 aliphatic rings. The first kappa shape index (κ1) is 15.9. The zero-order valence-electron chi connectivity index (χ0n) is 12.4. The van der Waals surface area contributed by atoms with Gasteiger partial charge in [0.2, 0.25) is 0 Å². The molecule has 0 radical (unpaired) electrons. The molecule has 112 valence electrons. The lowest BCUT2D eigenvalue weighted by Crippen LogP contribution is -2.25. The van der Waals surface area contributed by atoms with E-state index in [0.29, 0.717) is 11.1 Å². The average Bonchev–Trinajstić information content (AvgIpc) is 2.41. The van der Waals surface area contributed by atoms with Crippen LogP contribution in [0.2, 0.25) is 5.15 Å². The van der Waals surface area contributed by atoms with E-state index in [4.69, 9.17) is 11.6 Å². The van der Waals surface area contributed by atoms with Crippen LogP contribution in [0.4, 0.5) is 4.39 Å². The molecule has 2 rings (SSSR count). The van der Waals surface area contributed by atoms with Gasteiger partial charge in [0.05, 0.1) is 0 Å². The lowest BCUT2D eigenvalue weighted by molar-refractivity contribution is 0.277. The largest absolute Gasteiger partial charge is 0.302 e. The Hall–Kier alpha value is -1.45. The summed E-state index contributed by atoms with van der Waals surface area (Å²) in [5.41, 5.74) is 2.18. The van der Waals surface area contributed by atoms with E-state index in [9.17, 15) is 4.39 Å². The van der Waals surface area contributed by atoms with Crippen molar-refractivity contribution in [2.75, 3.05) is 13.6 Å². The lowest BCUT2D eigenvalue weighted by atomic mass is 10.0. The van der Waals surface area contributed by atoms with Gasteiger partial charge in [-0.2, -0.15) is 0 Å². The number of nitrogens with zero attached hydrogens (tertiary/aromatic N) is 2. The molecule has 0 bridgehead atoms. The van der Waals surface area contributed by atoms with Crippen molar-refractivity contribution in [3.63, 3.8) is 0 Å². The Kier molecular flexibility index (Phi) is 5.71. The second-order valence-electron chi connectivity index (χ2n) is 5.63. The number of rotatable bonds is 6. The third-order valence-electron chi connectivity index (χ3n) is 3.34. The molecule has 0 saturated carbocycles. The maximum Gasteiger partial charge on any atom is 0.129 e. The van der Waals surface area contributed by atoms with Gasteiger partial charge in [0, 0.05) is 19.3 Å². The summed E-state index contributed by atoms with van der Waals surface area (Å²) in [6, 6.07) is 10.6. The summed E-state index contributed by atoms with van der Waals surface area (Å²) in [5, 5.41) is 0.515. The monoisotopic (exact) mass is 306 g/mol. The first-order valence-corrected chi connectivity index (χ1v) is 7.44. The van der Waals surface area contributed by atoms with E-state index in [-0.39, 0.29) is 5.82 Å². The Balaban J connectivity index is 1.84. The Morgan fingerprint density at radius 1 is 1.24 bits per heavy atom. The van der Waals surface area contributed by atoms with Crippen LogP contribution in [0, 0.1) is 11.7 Å². The average molecular weight is 307 g/mol. The first-order valence-electron chi connectivity index (χ1n) is 7.06. The van der Waals surface area contributed by atoms with Crippen molar-refractivity contribution in [2.45, 2.75) is 19.9 Å². The van der Waals surface area contributed by atoms with Crippen molar-refractivity contribution in [3.05, 3.63) is 64.7 Å². The van der Waals surface area contributed by atoms with Crippen LogP contribution < -0.4 is 0 Å². The molecule has 1 atom stereocenters. The molecular weight excluding hydrogens is 287 g/mol. The number of benzene rings is 1. The van der Waals surface area contributed by atoms with E-state index in [1.165, 1.54) is 6.07 Å². The van der Waals surface area contributed by atoms with Crippen LogP contribution >= 0.6 is 11.6 Å². The molecule has 0 fully saturated rings. The minimum atomic E-state index is -0.166. The Morgan fingerprint density at radius 2 is 2.05 bits per heavy atom. The van der Waals surface area contributed by atoms with E-state index < -0.39 is 0 Å². The predicted molar refractivity (Wildman–Crippen MR) is 84.8 cm³/mol. The first-order chi connectivity index (χ1) is 10.0. The van der Waals surface area contributed by atoms with Gasteiger partial charge in [-0.25, -0.2) is 9.37 Å². The highest BCUT2D eigenvalue weighted by molar-refractivity contribution is 6.29. The SMILES string of the molecule is CC(Cc1cccc(F)c1)CN(C)Cc1ccc(Cl)nc1. The highest BCUT2D eigenvalue weighted by atomic mass is 35.5. The molecule has 1 aromatic carbocycles. The predicted octanol–water partition coefficient (Wildman–Crippen LogP) is 4.18. The molecule has 0 aliphatic heterocycles. The smallest absolute Gasteiger partial charge is 0.129 e. The molecule has 2 nitrogen and oxygen atoms in total. The summed E-state index contributed by atoms with van der Waals surface area (Å²) in [7, 11) is 2.08. The fourth-order valence-corrected chi connectivity index (χ4v) is 2.65. The van der Waals surface area contributed by atoms with E-state index in [0.717, 1.165) is 30.6 Å². The van der Waals surface area contributed by atoms with Gasteiger partial charge in [-0.3, -0.25) is 0 Å². The fraction of sp³-hybridized carbons (Fsp3) is 0.353. The van der Waals surface area contributed by atoms with Crippen molar-refractivity contribution in [1.29, 1.82) is 0 Å². The minimum Gasteiger partial charge on any atom is -0.302 e. The van der Waals surface area contributed by atoms with Gasteiger partial charge in [0.25, 0.3) is 0 Å². The van der Waals surface area contributed by atoms with Crippen LogP contribution in [0.25, 0.3) is 0 Å². The fourth-order valence-electron chi connectivity index (χ4n) is 2.54. The van der Waals surface area contributed by atoms with Gasteiger partial charge >= 0.3 is 0 Å². The summed E-state index contributed by atoms with van der Waals surface area (Å²) in [5.74, 6) is 0.289. The van der Waals surface area contributed by atoms with Crippen LogP contribution in [0.3, 0.4) is 0 Å². The second-order valence-corrected chi connectivity index (χ2v) is 6.01. The molecule has 1 heterocycles.